The number of hydrogen-bond acceptors (Lipinski definition) is 2. The zero-order valence-electron chi connectivity index (χ0n) is 11.7. The van der Waals surface area contributed by atoms with Gasteiger partial charge in [0.05, 0.1) is 0 Å². The largest absolute Gasteiger partial charge is 0.508 e. The van der Waals surface area contributed by atoms with Crippen molar-refractivity contribution < 1.29 is 5.11 Å². The van der Waals surface area contributed by atoms with Crippen molar-refractivity contribution in [1.82, 2.24) is 0 Å². The van der Waals surface area contributed by atoms with Crippen LogP contribution in [0.25, 0.3) is 0 Å². The van der Waals surface area contributed by atoms with E-state index in [-0.39, 0.29) is 0 Å². The highest BCUT2D eigenvalue weighted by Gasteiger charge is 2.23. The first-order chi connectivity index (χ1) is 8.56. The maximum atomic E-state index is 9.70. The Kier molecular flexibility index (Phi) is 4.15. The van der Waals surface area contributed by atoms with Crippen LogP contribution >= 0.6 is 0 Å². The van der Waals surface area contributed by atoms with Gasteiger partial charge in [0.25, 0.3) is 0 Å². The fourth-order valence-corrected chi connectivity index (χ4v) is 2.87. The molecule has 100 valence electrons. The summed E-state index contributed by atoms with van der Waals surface area (Å²) in [6.07, 6.45) is 5.15. The first-order valence-corrected chi connectivity index (χ1v) is 7.12. The van der Waals surface area contributed by atoms with Crippen LogP contribution in [0.4, 0.5) is 5.69 Å². The molecule has 0 radical (unpaired) electrons. The fraction of sp³-hybridized carbons (Fsp3) is 0.625. The number of nitrogens with one attached hydrogen (secondary N) is 1. The Labute approximate surface area is 110 Å². The predicted molar refractivity (Wildman–Crippen MR) is 77.1 cm³/mol. The van der Waals surface area contributed by atoms with E-state index in [0.29, 0.717) is 11.8 Å². The van der Waals surface area contributed by atoms with Crippen LogP contribution in [0.15, 0.2) is 18.2 Å². The van der Waals surface area contributed by atoms with Crippen molar-refractivity contribution in [2.75, 3.05) is 5.32 Å². The van der Waals surface area contributed by atoms with Crippen LogP contribution in [0.1, 0.15) is 45.1 Å². The van der Waals surface area contributed by atoms with E-state index in [1.54, 1.807) is 0 Å². The molecule has 0 aromatic heterocycles. The lowest BCUT2D eigenvalue weighted by Gasteiger charge is -2.31. The molecule has 1 fully saturated rings. The molecule has 1 aromatic rings. The van der Waals surface area contributed by atoms with E-state index in [9.17, 15) is 5.11 Å². The summed E-state index contributed by atoms with van der Waals surface area (Å²) < 4.78 is 0. The van der Waals surface area contributed by atoms with Crippen molar-refractivity contribution in [3.8, 4) is 5.75 Å². The molecule has 1 aliphatic rings. The maximum absolute atomic E-state index is 9.70. The number of rotatable bonds is 3. The van der Waals surface area contributed by atoms with Crippen LogP contribution in [0, 0.1) is 18.8 Å². The number of aryl methyl sites for hydroxylation is 1. The van der Waals surface area contributed by atoms with Crippen LogP contribution in [0.2, 0.25) is 0 Å². The van der Waals surface area contributed by atoms with Crippen LogP contribution in [0.5, 0.6) is 5.75 Å². The Hall–Kier alpha value is -1.18. The molecule has 0 heterocycles. The summed E-state index contributed by atoms with van der Waals surface area (Å²) in [4.78, 5) is 0. The van der Waals surface area contributed by atoms with Gasteiger partial charge in [-0.15, -0.1) is 0 Å². The summed E-state index contributed by atoms with van der Waals surface area (Å²) in [6, 6.07) is 6.44. The molecule has 1 aromatic carbocycles. The lowest BCUT2D eigenvalue weighted by atomic mass is 9.79. The van der Waals surface area contributed by atoms with E-state index in [1.165, 1.54) is 25.7 Å². The van der Waals surface area contributed by atoms with Gasteiger partial charge in [-0.25, -0.2) is 0 Å². The molecule has 1 aliphatic carbocycles. The van der Waals surface area contributed by atoms with E-state index >= 15 is 0 Å². The van der Waals surface area contributed by atoms with Gasteiger partial charge in [0, 0.05) is 17.8 Å². The topological polar surface area (TPSA) is 32.3 Å². The quantitative estimate of drug-likeness (QED) is 0.833. The molecule has 0 unspecified atom stereocenters. The standard InChI is InChI=1S/C16H25NO/c1-11(2)13-5-8-14(9-6-13)17-15-7-4-12(3)16(18)10-15/h4,7,10-11,13-14,17-18H,5-6,8-9H2,1-3H3. The molecule has 0 bridgehead atoms. The second kappa shape index (κ2) is 5.64. The summed E-state index contributed by atoms with van der Waals surface area (Å²) >= 11 is 0. The molecule has 0 atom stereocenters. The molecule has 0 spiro atoms. The number of hydrogen-bond donors (Lipinski definition) is 2. The minimum atomic E-state index is 0.385. The van der Waals surface area contributed by atoms with Crippen molar-refractivity contribution in [3.05, 3.63) is 23.8 Å². The lowest BCUT2D eigenvalue weighted by molar-refractivity contribution is 0.267. The Morgan fingerprint density at radius 2 is 1.83 bits per heavy atom. The number of phenols is 1. The van der Waals surface area contributed by atoms with E-state index in [1.807, 2.05) is 19.1 Å². The van der Waals surface area contributed by atoms with Gasteiger partial charge in [-0.1, -0.05) is 19.9 Å². The van der Waals surface area contributed by atoms with Crippen LogP contribution < -0.4 is 5.32 Å². The monoisotopic (exact) mass is 247 g/mol. The number of phenolic OH excluding ortho intramolecular Hbond substituents is 1. The third kappa shape index (κ3) is 3.18. The molecule has 2 heteroatoms. The number of benzene rings is 1. The first kappa shape index (κ1) is 13.3. The van der Waals surface area contributed by atoms with Gasteiger partial charge in [0.2, 0.25) is 0 Å². The van der Waals surface area contributed by atoms with E-state index in [2.05, 4.69) is 25.2 Å². The van der Waals surface area contributed by atoms with Crippen molar-refractivity contribution in [2.24, 2.45) is 11.8 Å². The molecule has 0 saturated heterocycles. The van der Waals surface area contributed by atoms with E-state index < -0.39 is 0 Å². The predicted octanol–water partition coefficient (Wildman–Crippen LogP) is 4.33. The summed E-state index contributed by atoms with van der Waals surface area (Å²) in [5, 5.41) is 13.3. The molecule has 0 aliphatic heterocycles. The second-order valence-corrected chi connectivity index (χ2v) is 6.00. The second-order valence-electron chi connectivity index (χ2n) is 6.00. The smallest absolute Gasteiger partial charge is 0.120 e. The van der Waals surface area contributed by atoms with Crippen molar-refractivity contribution in [2.45, 2.75) is 52.5 Å². The third-order valence-corrected chi connectivity index (χ3v) is 4.29. The number of aromatic hydroxyl groups is 1. The molecule has 2 rings (SSSR count). The Balaban J connectivity index is 1.89. The molecular formula is C16H25NO. The first-order valence-electron chi connectivity index (χ1n) is 7.12. The summed E-state index contributed by atoms with van der Waals surface area (Å²) in [7, 11) is 0. The van der Waals surface area contributed by atoms with Gasteiger partial charge >= 0.3 is 0 Å². The van der Waals surface area contributed by atoms with Gasteiger partial charge in [0.15, 0.2) is 0 Å². The zero-order valence-corrected chi connectivity index (χ0v) is 11.7. The molecule has 2 N–H and O–H groups in total. The molecular weight excluding hydrogens is 222 g/mol. The summed E-state index contributed by atoms with van der Waals surface area (Å²) in [5.41, 5.74) is 1.98. The van der Waals surface area contributed by atoms with Crippen LogP contribution in [-0.4, -0.2) is 11.1 Å². The average molecular weight is 247 g/mol. The zero-order chi connectivity index (χ0) is 13.1. The van der Waals surface area contributed by atoms with E-state index in [0.717, 1.165) is 23.1 Å². The Bertz CT molecular complexity index is 392. The normalized spacial score (nSPS) is 24.2. The van der Waals surface area contributed by atoms with E-state index in [4.69, 9.17) is 0 Å². The van der Waals surface area contributed by atoms with Crippen LogP contribution in [-0.2, 0) is 0 Å². The summed E-state index contributed by atoms with van der Waals surface area (Å²) in [5.74, 6) is 2.10. The minimum Gasteiger partial charge on any atom is -0.508 e. The lowest BCUT2D eigenvalue weighted by Crippen LogP contribution is -2.27. The highest BCUT2D eigenvalue weighted by Crippen LogP contribution is 2.32. The van der Waals surface area contributed by atoms with Crippen molar-refractivity contribution in [3.63, 3.8) is 0 Å². The van der Waals surface area contributed by atoms with Crippen molar-refractivity contribution in [1.29, 1.82) is 0 Å². The van der Waals surface area contributed by atoms with Gasteiger partial charge in [-0.05, 0) is 56.1 Å². The van der Waals surface area contributed by atoms with Gasteiger partial charge in [0.1, 0.15) is 5.75 Å². The van der Waals surface area contributed by atoms with Gasteiger partial charge < -0.3 is 10.4 Å². The molecule has 2 nitrogen and oxygen atoms in total. The van der Waals surface area contributed by atoms with Gasteiger partial charge in [-0.3, -0.25) is 0 Å². The maximum Gasteiger partial charge on any atom is 0.120 e. The van der Waals surface area contributed by atoms with Gasteiger partial charge in [-0.2, -0.15) is 0 Å². The summed E-state index contributed by atoms with van der Waals surface area (Å²) in [6.45, 7) is 6.58. The SMILES string of the molecule is Cc1ccc(NC2CCC(C(C)C)CC2)cc1O. The number of anilines is 1. The minimum absolute atomic E-state index is 0.385. The Morgan fingerprint density at radius 3 is 2.39 bits per heavy atom. The molecule has 1 saturated carbocycles. The highest BCUT2D eigenvalue weighted by molar-refractivity contribution is 5.51. The Morgan fingerprint density at radius 1 is 1.17 bits per heavy atom. The highest BCUT2D eigenvalue weighted by atomic mass is 16.3. The molecule has 18 heavy (non-hydrogen) atoms. The average Bonchev–Trinajstić information content (AvgIpc) is 2.34. The van der Waals surface area contributed by atoms with Crippen LogP contribution in [0.3, 0.4) is 0 Å². The fourth-order valence-electron chi connectivity index (χ4n) is 2.87. The molecule has 0 amide bonds. The third-order valence-electron chi connectivity index (χ3n) is 4.29. The van der Waals surface area contributed by atoms with Crippen molar-refractivity contribution >= 4 is 5.69 Å².